The third-order valence-electron chi connectivity index (χ3n) is 6.84. The molecular formula is C31H24F3NO4. The zero-order valence-electron chi connectivity index (χ0n) is 20.6. The van der Waals surface area contributed by atoms with Gasteiger partial charge in [-0.05, 0) is 45.0 Å². The molecule has 1 amide bonds. The number of hydrogen-bond acceptors (Lipinski definition) is 3. The Bertz CT molecular complexity index is 1490. The van der Waals surface area contributed by atoms with E-state index in [4.69, 9.17) is 4.74 Å². The van der Waals surface area contributed by atoms with Crippen molar-refractivity contribution < 1.29 is 32.6 Å². The van der Waals surface area contributed by atoms with Crippen LogP contribution in [-0.2, 0) is 22.1 Å². The summed E-state index contributed by atoms with van der Waals surface area (Å²) in [4.78, 5) is 24.6. The van der Waals surface area contributed by atoms with Crippen molar-refractivity contribution in [2.75, 3.05) is 6.61 Å². The van der Waals surface area contributed by atoms with Gasteiger partial charge >= 0.3 is 18.2 Å². The molecule has 1 unspecified atom stereocenters. The molecule has 2 N–H and O–H groups in total. The molecule has 4 aromatic carbocycles. The Hall–Kier alpha value is -4.59. The maximum absolute atomic E-state index is 13.5. The van der Waals surface area contributed by atoms with Crippen molar-refractivity contribution >= 4 is 12.1 Å². The number of alkyl carbamates (subject to hydrolysis) is 1. The van der Waals surface area contributed by atoms with Crippen LogP contribution in [0.4, 0.5) is 18.0 Å². The molecule has 5 nitrogen and oxygen atoms in total. The van der Waals surface area contributed by atoms with Gasteiger partial charge < -0.3 is 15.2 Å². The van der Waals surface area contributed by atoms with Crippen LogP contribution >= 0.6 is 0 Å². The van der Waals surface area contributed by atoms with Crippen LogP contribution in [0, 0.1) is 0 Å². The Labute approximate surface area is 222 Å². The largest absolute Gasteiger partial charge is 0.480 e. The second-order valence-corrected chi connectivity index (χ2v) is 9.31. The van der Waals surface area contributed by atoms with Crippen LogP contribution in [-0.4, -0.2) is 29.8 Å². The van der Waals surface area contributed by atoms with Crippen molar-refractivity contribution in [3.8, 4) is 22.3 Å². The van der Waals surface area contributed by atoms with E-state index in [1.54, 1.807) is 12.1 Å². The van der Waals surface area contributed by atoms with Crippen molar-refractivity contribution in [3.05, 3.63) is 119 Å². The molecule has 0 radical (unpaired) electrons. The van der Waals surface area contributed by atoms with Crippen LogP contribution in [0.25, 0.3) is 22.3 Å². The monoisotopic (exact) mass is 531 g/mol. The number of hydrogen-bond donors (Lipinski definition) is 2. The van der Waals surface area contributed by atoms with Crippen molar-refractivity contribution in [3.63, 3.8) is 0 Å². The van der Waals surface area contributed by atoms with Gasteiger partial charge in [-0.15, -0.1) is 0 Å². The standard InChI is InChI=1S/C31H24F3NO4/c32-31(33,34)27-15-6-5-10-21(27)20-9-7-8-19(16-20)17-28(29(36)37)35-30(38)39-18-26-24-13-3-1-11-22(24)23-12-2-4-14-25(23)26/h1-16,26,28H,17-18H2,(H,35,38)(H,36,37). The van der Waals surface area contributed by atoms with Gasteiger partial charge in [0.2, 0.25) is 0 Å². The average molecular weight is 532 g/mol. The average Bonchev–Trinajstić information content (AvgIpc) is 3.25. The summed E-state index contributed by atoms with van der Waals surface area (Å²) in [6.07, 6.45) is -5.56. The number of rotatable bonds is 7. The molecule has 0 saturated heterocycles. The Morgan fingerprint density at radius 3 is 2.03 bits per heavy atom. The van der Waals surface area contributed by atoms with Gasteiger partial charge in [0.05, 0.1) is 5.56 Å². The van der Waals surface area contributed by atoms with Crippen LogP contribution in [0.1, 0.15) is 28.2 Å². The molecular weight excluding hydrogens is 507 g/mol. The van der Waals surface area contributed by atoms with E-state index in [2.05, 4.69) is 5.32 Å². The summed E-state index contributed by atoms with van der Waals surface area (Å²) in [5, 5.41) is 12.1. The summed E-state index contributed by atoms with van der Waals surface area (Å²) in [7, 11) is 0. The number of carboxylic acid groups (broad SMARTS) is 1. The molecule has 4 aromatic rings. The van der Waals surface area contributed by atoms with Crippen LogP contribution in [0.15, 0.2) is 97.1 Å². The number of amides is 1. The van der Waals surface area contributed by atoms with Gasteiger partial charge in [-0.2, -0.15) is 13.2 Å². The van der Waals surface area contributed by atoms with Gasteiger partial charge in [-0.25, -0.2) is 9.59 Å². The van der Waals surface area contributed by atoms with Crippen LogP contribution in [0.2, 0.25) is 0 Å². The SMILES string of the molecule is O=C(NC(Cc1cccc(-c2ccccc2C(F)(F)F)c1)C(=O)O)OCC1c2ccccc2-c2ccccc21. The lowest BCUT2D eigenvalue weighted by Crippen LogP contribution is -2.42. The third kappa shape index (κ3) is 5.50. The number of benzene rings is 4. The number of alkyl halides is 3. The zero-order valence-corrected chi connectivity index (χ0v) is 20.6. The second-order valence-electron chi connectivity index (χ2n) is 9.31. The lowest BCUT2D eigenvalue weighted by Gasteiger charge is -2.18. The number of fused-ring (bicyclic) bond motifs is 3. The van der Waals surface area contributed by atoms with Gasteiger partial charge in [0, 0.05) is 12.3 Å². The van der Waals surface area contributed by atoms with E-state index in [-0.39, 0.29) is 24.5 Å². The number of carbonyl (C=O) groups excluding carboxylic acids is 1. The fourth-order valence-corrected chi connectivity index (χ4v) is 5.07. The van der Waals surface area contributed by atoms with Crippen LogP contribution in [0.5, 0.6) is 0 Å². The molecule has 5 rings (SSSR count). The maximum Gasteiger partial charge on any atom is 0.417 e. The van der Waals surface area contributed by atoms with E-state index in [1.165, 1.54) is 30.3 Å². The number of nitrogens with one attached hydrogen (secondary N) is 1. The molecule has 0 spiro atoms. The summed E-state index contributed by atoms with van der Waals surface area (Å²) in [6, 6.07) is 25.7. The zero-order chi connectivity index (χ0) is 27.6. The quantitative estimate of drug-likeness (QED) is 0.272. The minimum Gasteiger partial charge on any atom is -0.480 e. The van der Waals surface area contributed by atoms with Gasteiger partial charge in [-0.1, -0.05) is 91.0 Å². The van der Waals surface area contributed by atoms with E-state index in [0.29, 0.717) is 11.1 Å². The lowest BCUT2D eigenvalue weighted by molar-refractivity contribution is -0.139. The minimum absolute atomic E-state index is 0.0109. The molecule has 8 heteroatoms. The highest BCUT2D eigenvalue weighted by molar-refractivity contribution is 5.81. The summed E-state index contributed by atoms with van der Waals surface area (Å²) >= 11 is 0. The van der Waals surface area contributed by atoms with Gasteiger partial charge in [0.1, 0.15) is 12.6 Å². The number of ether oxygens (including phenoxy) is 1. The topological polar surface area (TPSA) is 75.6 Å². The fraction of sp³-hybridized carbons (Fsp3) is 0.161. The summed E-state index contributed by atoms with van der Waals surface area (Å²) in [5.41, 5.74) is 4.14. The van der Waals surface area contributed by atoms with Gasteiger partial charge in [0.25, 0.3) is 0 Å². The predicted molar refractivity (Wildman–Crippen MR) is 140 cm³/mol. The first-order valence-electron chi connectivity index (χ1n) is 12.3. The number of aliphatic carboxylic acids is 1. The van der Waals surface area contributed by atoms with E-state index < -0.39 is 29.8 Å². The highest BCUT2D eigenvalue weighted by Gasteiger charge is 2.33. The van der Waals surface area contributed by atoms with E-state index >= 15 is 0 Å². The number of carbonyl (C=O) groups is 2. The molecule has 198 valence electrons. The Kier molecular flexibility index (Phi) is 7.11. The molecule has 0 fully saturated rings. The minimum atomic E-state index is -4.54. The van der Waals surface area contributed by atoms with Crippen LogP contribution in [0.3, 0.4) is 0 Å². The fourth-order valence-electron chi connectivity index (χ4n) is 5.07. The molecule has 1 aliphatic carbocycles. The lowest BCUT2D eigenvalue weighted by atomic mass is 9.96. The van der Waals surface area contributed by atoms with Gasteiger partial charge in [0.15, 0.2) is 0 Å². The summed E-state index contributed by atoms with van der Waals surface area (Å²) in [5.74, 6) is -1.47. The van der Waals surface area contributed by atoms with Crippen molar-refractivity contribution in [1.82, 2.24) is 5.32 Å². The Morgan fingerprint density at radius 2 is 1.41 bits per heavy atom. The van der Waals surface area contributed by atoms with Crippen molar-refractivity contribution in [1.29, 1.82) is 0 Å². The first-order chi connectivity index (χ1) is 18.7. The number of halogens is 3. The normalized spacial score (nSPS) is 13.3. The Balaban J connectivity index is 1.28. The molecule has 0 heterocycles. The summed E-state index contributed by atoms with van der Waals surface area (Å²) in [6.45, 7) is 0.0237. The molecule has 0 bridgehead atoms. The van der Waals surface area contributed by atoms with E-state index in [0.717, 1.165) is 28.3 Å². The van der Waals surface area contributed by atoms with Gasteiger partial charge in [-0.3, -0.25) is 0 Å². The molecule has 1 aliphatic rings. The Morgan fingerprint density at radius 1 is 0.821 bits per heavy atom. The maximum atomic E-state index is 13.5. The number of carboxylic acids is 1. The first-order valence-corrected chi connectivity index (χ1v) is 12.3. The third-order valence-corrected chi connectivity index (χ3v) is 6.84. The molecule has 0 aliphatic heterocycles. The molecule has 39 heavy (non-hydrogen) atoms. The van der Waals surface area contributed by atoms with E-state index in [9.17, 15) is 27.9 Å². The smallest absolute Gasteiger partial charge is 0.417 e. The highest BCUT2D eigenvalue weighted by Crippen LogP contribution is 2.44. The molecule has 1 atom stereocenters. The highest BCUT2D eigenvalue weighted by atomic mass is 19.4. The second kappa shape index (κ2) is 10.6. The predicted octanol–water partition coefficient (Wildman–Crippen LogP) is 6.91. The van der Waals surface area contributed by atoms with Crippen molar-refractivity contribution in [2.24, 2.45) is 0 Å². The summed E-state index contributed by atoms with van der Waals surface area (Å²) < 4.78 is 46.0. The molecule has 0 saturated carbocycles. The van der Waals surface area contributed by atoms with E-state index in [1.807, 2.05) is 48.5 Å². The first kappa shape index (κ1) is 26.0. The van der Waals surface area contributed by atoms with Crippen LogP contribution < -0.4 is 5.32 Å². The van der Waals surface area contributed by atoms with Crippen molar-refractivity contribution in [2.45, 2.75) is 24.6 Å². The molecule has 0 aromatic heterocycles.